The van der Waals surface area contributed by atoms with E-state index in [0.29, 0.717) is 28.0 Å². The fourth-order valence-electron chi connectivity index (χ4n) is 3.10. The average molecular weight is 356 g/mol. The van der Waals surface area contributed by atoms with E-state index >= 15 is 0 Å². The Bertz CT molecular complexity index is 917. The molecule has 6 nitrogen and oxygen atoms in total. The first-order chi connectivity index (χ1) is 12.2. The van der Waals surface area contributed by atoms with Crippen molar-refractivity contribution in [3.63, 3.8) is 0 Å². The molecule has 1 aromatic carbocycles. The summed E-state index contributed by atoms with van der Waals surface area (Å²) < 4.78 is 1.85. The molecule has 0 bridgehead atoms. The van der Waals surface area contributed by atoms with Gasteiger partial charge in [0.25, 0.3) is 5.91 Å². The van der Waals surface area contributed by atoms with E-state index in [0.717, 1.165) is 24.9 Å². The number of aromatic nitrogens is 3. The van der Waals surface area contributed by atoms with Gasteiger partial charge in [-0.1, -0.05) is 29.8 Å². The van der Waals surface area contributed by atoms with Crippen molar-refractivity contribution in [2.75, 3.05) is 11.9 Å². The molecule has 25 heavy (non-hydrogen) atoms. The number of anilines is 1. The zero-order valence-corrected chi connectivity index (χ0v) is 14.3. The molecule has 3 heterocycles. The van der Waals surface area contributed by atoms with Gasteiger partial charge < -0.3 is 10.6 Å². The molecular formula is C18H18ClN5O. The Hall–Kier alpha value is -2.44. The van der Waals surface area contributed by atoms with Crippen LogP contribution in [-0.4, -0.2) is 33.3 Å². The summed E-state index contributed by atoms with van der Waals surface area (Å²) in [6, 6.07) is 9.53. The van der Waals surface area contributed by atoms with Gasteiger partial charge >= 0.3 is 0 Å². The average Bonchev–Trinajstić information content (AvgIpc) is 3.27. The van der Waals surface area contributed by atoms with Gasteiger partial charge in [-0.2, -0.15) is 5.10 Å². The molecule has 0 spiro atoms. The fraction of sp³-hybridized carbons (Fsp3) is 0.278. The largest absolute Gasteiger partial charge is 0.318 e. The summed E-state index contributed by atoms with van der Waals surface area (Å²) in [5.74, 6) is -0.277. The summed E-state index contributed by atoms with van der Waals surface area (Å²) in [6.07, 6.45) is 5.85. The van der Waals surface area contributed by atoms with Crippen LogP contribution in [0.1, 0.15) is 23.3 Å². The van der Waals surface area contributed by atoms with Crippen LogP contribution in [0, 0.1) is 0 Å². The molecule has 2 N–H and O–H groups in total. The van der Waals surface area contributed by atoms with Crippen molar-refractivity contribution in [1.82, 2.24) is 20.1 Å². The number of nitrogens with zero attached hydrogens (tertiary/aromatic N) is 3. The zero-order chi connectivity index (χ0) is 17.2. The molecule has 1 saturated heterocycles. The van der Waals surface area contributed by atoms with Crippen molar-refractivity contribution in [2.45, 2.75) is 25.4 Å². The molecule has 1 amide bonds. The molecule has 0 radical (unpaired) electrons. The lowest BCUT2D eigenvalue weighted by Gasteiger charge is -2.09. The SMILES string of the molecule is O=C(Nc1cnn(CC2CCCN2)c1)c1ccc2cccc(Cl)c2n1. The summed E-state index contributed by atoms with van der Waals surface area (Å²) in [5, 5.41) is 12.0. The number of fused-ring (bicyclic) bond motifs is 1. The second kappa shape index (κ2) is 6.82. The highest BCUT2D eigenvalue weighted by Gasteiger charge is 2.16. The van der Waals surface area contributed by atoms with Crippen LogP contribution in [0.15, 0.2) is 42.7 Å². The van der Waals surface area contributed by atoms with Crippen molar-refractivity contribution in [2.24, 2.45) is 0 Å². The van der Waals surface area contributed by atoms with Gasteiger partial charge in [-0.3, -0.25) is 9.48 Å². The Morgan fingerprint density at radius 2 is 2.28 bits per heavy atom. The summed E-state index contributed by atoms with van der Waals surface area (Å²) in [7, 11) is 0. The van der Waals surface area contributed by atoms with Crippen LogP contribution in [-0.2, 0) is 6.54 Å². The molecule has 2 aromatic heterocycles. The van der Waals surface area contributed by atoms with Gasteiger partial charge in [-0.15, -0.1) is 0 Å². The van der Waals surface area contributed by atoms with E-state index in [1.165, 1.54) is 6.42 Å². The molecule has 1 fully saturated rings. The normalized spacial score (nSPS) is 17.1. The molecular weight excluding hydrogens is 338 g/mol. The highest BCUT2D eigenvalue weighted by molar-refractivity contribution is 6.35. The number of benzene rings is 1. The first kappa shape index (κ1) is 16.1. The third-order valence-electron chi connectivity index (χ3n) is 4.36. The summed E-state index contributed by atoms with van der Waals surface area (Å²) in [6.45, 7) is 1.87. The lowest BCUT2D eigenvalue weighted by molar-refractivity contribution is 0.102. The summed E-state index contributed by atoms with van der Waals surface area (Å²) in [4.78, 5) is 16.8. The second-order valence-corrected chi connectivity index (χ2v) is 6.61. The Morgan fingerprint density at radius 1 is 1.36 bits per heavy atom. The van der Waals surface area contributed by atoms with Crippen LogP contribution in [0.2, 0.25) is 5.02 Å². The van der Waals surface area contributed by atoms with E-state index < -0.39 is 0 Å². The van der Waals surface area contributed by atoms with Gasteiger partial charge in [0.05, 0.1) is 29.0 Å². The number of para-hydroxylation sites is 1. The van der Waals surface area contributed by atoms with Crippen LogP contribution >= 0.6 is 11.6 Å². The number of hydrogen-bond acceptors (Lipinski definition) is 4. The number of hydrogen-bond donors (Lipinski definition) is 2. The maximum atomic E-state index is 12.5. The third-order valence-corrected chi connectivity index (χ3v) is 4.67. The number of pyridine rings is 1. The van der Waals surface area contributed by atoms with Gasteiger partial charge in [-0.05, 0) is 31.5 Å². The second-order valence-electron chi connectivity index (χ2n) is 6.21. The lowest BCUT2D eigenvalue weighted by atomic mass is 10.2. The monoisotopic (exact) mass is 355 g/mol. The predicted octanol–water partition coefficient (Wildman–Crippen LogP) is 3.09. The third kappa shape index (κ3) is 3.50. The van der Waals surface area contributed by atoms with Gasteiger partial charge in [0, 0.05) is 17.6 Å². The van der Waals surface area contributed by atoms with Crippen molar-refractivity contribution < 1.29 is 4.79 Å². The van der Waals surface area contributed by atoms with Gasteiger partial charge in [-0.25, -0.2) is 4.98 Å². The maximum absolute atomic E-state index is 12.5. The zero-order valence-electron chi connectivity index (χ0n) is 13.6. The maximum Gasteiger partial charge on any atom is 0.274 e. The van der Waals surface area contributed by atoms with E-state index in [9.17, 15) is 4.79 Å². The first-order valence-electron chi connectivity index (χ1n) is 8.31. The quantitative estimate of drug-likeness (QED) is 0.754. The number of rotatable bonds is 4. The number of amides is 1. The summed E-state index contributed by atoms with van der Waals surface area (Å²) in [5.41, 5.74) is 1.61. The molecule has 0 aliphatic carbocycles. The van der Waals surface area contributed by atoms with E-state index in [-0.39, 0.29) is 5.91 Å². The smallest absolute Gasteiger partial charge is 0.274 e. The minimum absolute atomic E-state index is 0.277. The van der Waals surface area contributed by atoms with Crippen molar-refractivity contribution >= 4 is 34.1 Å². The molecule has 3 aromatic rings. The Balaban J connectivity index is 1.48. The highest BCUT2D eigenvalue weighted by atomic mass is 35.5. The molecule has 0 saturated carbocycles. The highest BCUT2D eigenvalue weighted by Crippen LogP contribution is 2.22. The van der Waals surface area contributed by atoms with E-state index in [4.69, 9.17) is 11.6 Å². The van der Waals surface area contributed by atoms with Crippen LogP contribution in [0.5, 0.6) is 0 Å². The lowest BCUT2D eigenvalue weighted by Crippen LogP contribution is -2.26. The number of carbonyl (C=O) groups excluding carboxylic acids is 1. The van der Waals surface area contributed by atoms with Crippen LogP contribution in [0.25, 0.3) is 10.9 Å². The van der Waals surface area contributed by atoms with Gasteiger partial charge in [0.1, 0.15) is 5.69 Å². The van der Waals surface area contributed by atoms with E-state index in [1.54, 1.807) is 18.3 Å². The Kier molecular flexibility index (Phi) is 4.38. The number of nitrogens with one attached hydrogen (secondary N) is 2. The topological polar surface area (TPSA) is 71.8 Å². The van der Waals surface area contributed by atoms with Crippen molar-refractivity contribution in [3.05, 3.63) is 53.4 Å². The molecule has 128 valence electrons. The van der Waals surface area contributed by atoms with E-state index in [1.807, 2.05) is 29.1 Å². The minimum atomic E-state index is -0.277. The minimum Gasteiger partial charge on any atom is -0.318 e. The molecule has 7 heteroatoms. The Morgan fingerprint density at radius 3 is 3.12 bits per heavy atom. The number of carbonyl (C=O) groups is 1. The van der Waals surface area contributed by atoms with Crippen molar-refractivity contribution in [3.8, 4) is 0 Å². The molecule has 1 unspecified atom stereocenters. The molecule has 1 aliphatic heterocycles. The molecule has 1 aliphatic rings. The molecule has 4 rings (SSSR count). The predicted molar refractivity (Wildman–Crippen MR) is 98.0 cm³/mol. The fourth-order valence-corrected chi connectivity index (χ4v) is 3.32. The van der Waals surface area contributed by atoms with Gasteiger partial charge in [0.15, 0.2) is 0 Å². The first-order valence-corrected chi connectivity index (χ1v) is 8.69. The van der Waals surface area contributed by atoms with Gasteiger partial charge in [0.2, 0.25) is 0 Å². The summed E-state index contributed by atoms with van der Waals surface area (Å²) >= 11 is 6.16. The Labute approximate surface area is 150 Å². The van der Waals surface area contributed by atoms with Crippen LogP contribution < -0.4 is 10.6 Å². The standard InChI is InChI=1S/C18H18ClN5O/c19-15-5-1-3-12-6-7-16(23-17(12)15)18(25)22-14-9-21-24(11-14)10-13-4-2-8-20-13/h1,3,5-7,9,11,13,20H,2,4,8,10H2,(H,22,25). The van der Waals surface area contributed by atoms with E-state index in [2.05, 4.69) is 20.7 Å². The van der Waals surface area contributed by atoms with Crippen molar-refractivity contribution in [1.29, 1.82) is 0 Å². The van der Waals surface area contributed by atoms with Crippen LogP contribution in [0.3, 0.4) is 0 Å². The molecule has 1 atom stereocenters. The number of halogens is 1. The van der Waals surface area contributed by atoms with Crippen LogP contribution in [0.4, 0.5) is 5.69 Å².